The summed E-state index contributed by atoms with van der Waals surface area (Å²) in [5, 5.41) is 0. The van der Waals surface area contributed by atoms with Gasteiger partial charge in [0.1, 0.15) is 11.2 Å². The van der Waals surface area contributed by atoms with Crippen LogP contribution in [0.3, 0.4) is 0 Å². The fourth-order valence-electron chi connectivity index (χ4n) is 4.12. The minimum absolute atomic E-state index is 0.00906. The zero-order valence-corrected chi connectivity index (χ0v) is 15.6. The summed E-state index contributed by atoms with van der Waals surface area (Å²) in [6, 6.07) is 5.40. The molecule has 142 valence electrons. The molecule has 7 heteroatoms. The van der Waals surface area contributed by atoms with Crippen LogP contribution in [0.2, 0.25) is 0 Å². The van der Waals surface area contributed by atoms with Crippen LogP contribution in [-0.2, 0) is 4.79 Å². The number of amides is 2. The van der Waals surface area contributed by atoms with Crippen molar-refractivity contribution in [1.82, 2.24) is 19.2 Å². The molecule has 7 nitrogen and oxygen atoms in total. The molecule has 4 heterocycles. The normalized spacial score (nSPS) is 18.3. The van der Waals surface area contributed by atoms with Crippen LogP contribution in [0.4, 0.5) is 0 Å². The molecular formula is C20H24N4O3. The van der Waals surface area contributed by atoms with E-state index in [0.29, 0.717) is 31.6 Å². The summed E-state index contributed by atoms with van der Waals surface area (Å²) < 4.78 is 1.47. The summed E-state index contributed by atoms with van der Waals surface area (Å²) >= 11 is 0. The molecule has 2 amide bonds. The summed E-state index contributed by atoms with van der Waals surface area (Å²) in [6.45, 7) is 4.53. The molecule has 0 atom stereocenters. The van der Waals surface area contributed by atoms with Gasteiger partial charge in [0.2, 0.25) is 5.91 Å². The van der Waals surface area contributed by atoms with Gasteiger partial charge in [-0.2, -0.15) is 0 Å². The number of aromatic nitrogens is 2. The van der Waals surface area contributed by atoms with Gasteiger partial charge in [0.25, 0.3) is 11.5 Å². The predicted octanol–water partition coefficient (Wildman–Crippen LogP) is 1.48. The predicted molar refractivity (Wildman–Crippen MR) is 101 cm³/mol. The zero-order valence-electron chi connectivity index (χ0n) is 15.6. The van der Waals surface area contributed by atoms with E-state index in [9.17, 15) is 14.4 Å². The molecule has 0 aliphatic carbocycles. The Morgan fingerprint density at radius 2 is 1.74 bits per heavy atom. The largest absolute Gasteiger partial charge is 0.342 e. The lowest BCUT2D eigenvalue weighted by atomic mass is 9.95. The topological polar surface area (TPSA) is 75.0 Å². The molecule has 0 saturated carbocycles. The third-order valence-corrected chi connectivity index (χ3v) is 5.70. The Morgan fingerprint density at radius 1 is 1.04 bits per heavy atom. The standard InChI is InChI=1S/C20H24N4O3/c1-14-5-4-6-17-21-13-16(20(27)24(14)17)19(26)23-11-7-15(8-12-23)18(25)22-9-2-3-10-22/h4-6,13,15H,2-3,7-12H2,1H3. The zero-order chi connectivity index (χ0) is 19.0. The monoisotopic (exact) mass is 368 g/mol. The van der Waals surface area contributed by atoms with Crippen molar-refractivity contribution < 1.29 is 9.59 Å². The Bertz CT molecular complexity index is 938. The average molecular weight is 368 g/mol. The second kappa shape index (κ2) is 7.13. The first-order chi connectivity index (χ1) is 13.1. The van der Waals surface area contributed by atoms with Crippen molar-refractivity contribution in [2.24, 2.45) is 5.92 Å². The van der Waals surface area contributed by atoms with Gasteiger partial charge in [-0.05, 0) is 44.7 Å². The SMILES string of the molecule is Cc1cccc2ncc(C(=O)N3CCC(C(=O)N4CCCC4)CC3)c(=O)n12. The smallest absolute Gasteiger partial charge is 0.270 e. The molecule has 2 fully saturated rings. The molecule has 0 radical (unpaired) electrons. The quantitative estimate of drug-likeness (QED) is 0.805. The van der Waals surface area contributed by atoms with Gasteiger partial charge in [0.15, 0.2) is 0 Å². The van der Waals surface area contributed by atoms with Crippen molar-refractivity contribution in [1.29, 1.82) is 0 Å². The highest BCUT2D eigenvalue weighted by molar-refractivity contribution is 5.94. The molecule has 2 aliphatic heterocycles. The average Bonchev–Trinajstić information content (AvgIpc) is 3.22. The van der Waals surface area contributed by atoms with Crippen molar-refractivity contribution in [2.75, 3.05) is 26.2 Å². The first kappa shape index (κ1) is 17.7. The minimum Gasteiger partial charge on any atom is -0.342 e. The van der Waals surface area contributed by atoms with E-state index in [1.165, 1.54) is 10.6 Å². The van der Waals surface area contributed by atoms with E-state index in [1.807, 2.05) is 24.0 Å². The fourth-order valence-corrected chi connectivity index (χ4v) is 4.12. The van der Waals surface area contributed by atoms with Gasteiger partial charge in [-0.3, -0.25) is 18.8 Å². The number of piperidine rings is 1. The lowest BCUT2D eigenvalue weighted by molar-refractivity contribution is -0.135. The third kappa shape index (κ3) is 3.22. The van der Waals surface area contributed by atoms with Gasteiger partial charge < -0.3 is 9.80 Å². The van der Waals surface area contributed by atoms with Crippen molar-refractivity contribution >= 4 is 17.5 Å². The summed E-state index contributed by atoms with van der Waals surface area (Å²) in [6.07, 6.45) is 4.86. The summed E-state index contributed by atoms with van der Waals surface area (Å²) in [5.41, 5.74) is 1.03. The second-order valence-corrected chi connectivity index (χ2v) is 7.44. The van der Waals surface area contributed by atoms with Gasteiger partial charge in [0.05, 0.1) is 0 Å². The maximum atomic E-state index is 12.9. The van der Waals surface area contributed by atoms with E-state index in [0.717, 1.165) is 31.6 Å². The highest BCUT2D eigenvalue weighted by Gasteiger charge is 2.32. The summed E-state index contributed by atoms with van der Waals surface area (Å²) in [4.78, 5) is 46.1. The highest BCUT2D eigenvalue weighted by Crippen LogP contribution is 2.22. The van der Waals surface area contributed by atoms with E-state index in [1.54, 1.807) is 11.0 Å². The van der Waals surface area contributed by atoms with Crippen LogP contribution in [0.1, 0.15) is 41.7 Å². The molecule has 2 aromatic rings. The Balaban J connectivity index is 1.49. The number of fused-ring (bicyclic) bond motifs is 1. The van der Waals surface area contributed by atoms with E-state index in [2.05, 4.69) is 4.98 Å². The van der Waals surface area contributed by atoms with Crippen LogP contribution < -0.4 is 5.56 Å². The third-order valence-electron chi connectivity index (χ3n) is 5.70. The molecule has 0 N–H and O–H groups in total. The number of likely N-dealkylation sites (tertiary alicyclic amines) is 2. The van der Waals surface area contributed by atoms with Crippen LogP contribution in [0.15, 0.2) is 29.2 Å². The summed E-state index contributed by atoms with van der Waals surface area (Å²) in [7, 11) is 0. The maximum Gasteiger partial charge on any atom is 0.270 e. The van der Waals surface area contributed by atoms with E-state index >= 15 is 0 Å². The Kier molecular flexibility index (Phi) is 4.68. The number of hydrogen-bond acceptors (Lipinski definition) is 4. The molecular weight excluding hydrogens is 344 g/mol. The molecule has 2 aromatic heterocycles. The number of rotatable bonds is 2. The number of nitrogens with zero attached hydrogens (tertiary/aromatic N) is 4. The van der Waals surface area contributed by atoms with E-state index < -0.39 is 0 Å². The first-order valence-corrected chi connectivity index (χ1v) is 9.61. The molecule has 2 aliphatic rings. The molecule has 0 bridgehead atoms. The van der Waals surface area contributed by atoms with Crippen molar-refractivity contribution in [3.8, 4) is 0 Å². The molecule has 0 spiro atoms. The number of aryl methyl sites for hydroxylation is 1. The van der Waals surface area contributed by atoms with Crippen molar-refractivity contribution in [3.63, 3.8) is 0 Å². The molecule has 27 heavy (non-hydrogen) atoms. The molecule has 2 saturated heterocycles. The second-order valence-electron chi connectivity index (χ2n) is 7.44. The Morgan fingerprint density at radius 3 is 2.44 bits per heavy atom. The van der Waals surface area contributed by atoms with Crippen LogP contribution in [-0.4, -0.2) is 57.2 Å². The lowest BCUT2D eigenvalue weighted by Gasteiger charge is -2.33. The number of hydrogen-bond donors (Lipinski definition) is 0. The van der Waals surface area contributed by atoms with Gasteiger partial charge >= 0.3 is 0 Å². The van der Waals surface area contributed by atoms with E-state index in [-0.39, 0.29) is 28.9 Å². The van der Waals surface area contributed by atoms with E-state index in [4.69, 9.17) is 0 Å². The minimum atomic E-state index is -0.335. The first-order valence-electron chi connectivity index (χ1n) is 9.61. The van der Waals surface area contributed by atoms with Gasteiger partial charge in [-0.25, -0.2) is 4.98 Å². The van der Waals surface area contributed by atoms with Crippen LogP contribution >= 0.6 is 0 Å². The molecule has 0 unspecified atom stereocenters. The van der Waals surface area contributed by atoms with Crippen LogP contribution in [0, 0.1) is 12.8 Å². The van der Waals surface area contributed by atoms with Crippen molar-refractivity contribution in [2.45, 2.75) is 32.6 Å². The van der Waals surface area contributed by atoms with Crippen molar-refractivity contribution in [3.05, 3.63) is 46.0 Å². The van der Waals surface area contributed by atoms with Gasteiger partial charge in [0, 0.05) is 44.0 Å². The van der Waals surface area contributed by atoms with Crippen LogP contribution in [0.25, 0.3) is 5.65 Å². The fraction of sp³-hybridized carbons (Fsp3) is 0.500. The van der Waals surface area contributed by atoms with Gasteiger partial charge in [-0.15, -0.1) is 0 Å². The lowest BCUT2D eigenvalue weighted by Crippen LogP contribution is -2.45. The Labute approximate surface area is 157 Å². The Hall–Kier alpha value is -2.70. The highest BCUT2D eigenvalue weighted by atomic mass is 16.2. The molecule has 0 aromatic carbocycles. The van der Waals surface area contributed by atoms with Gasteiger partial charge in [-0.1, -0.05) is 6.07 Å². The van der Waals surface area contributed by atoms with Crippen LogP contribution in [0.5, 0.6) is 0 Å². The number of carbonyl (C=O) groups excluding carboxylic acids is 2. The molecule has 4 rings (SSSR count). The summed E-state index contributed by atoms with van der Waals surface area (Å²) in [5.74, 6) is -0.0786. The number of pyridine rings is 1. The maximum absolute atomic E-state index is 12.9. The number of carbonyl (C=O) groups is 2.